The van der Waals surface area contributed by atoms with Crippen LogP contribution in [0.2, 0.25) is 0 Å². The number of para-hydroxylation sites is 1. The van der Waals surface area contributed by atoms with Crippen molar-refractivity contribution in [2.24, 2.45) is 5.92 Å². The molecule has 7 nitrogen and oxygen atoms in total. The molecule has 9 heteroatoms. The Balaban J connectivity index is 2.12. The van der Waals surface area contributed by atoms with Gasteiger partial charge in [0.1, 0.15) is 0 Å². The molecule has 0 saturated heterocycles. The Kier molecular flexibility index (Phi) is 8.77. The lowest BCUT2D eigenvalue weighted by Crippen LogP contribution is -2.21. The molecule has 152 valence electrons. The highest BCUT2D eigenvalue weighted by atomic mass is 127. The number of ether oxygens (including phenoxy) is 1. The molecule has 1 aromatic heterocycles. The number of rotatable bonds is 10. The number of methoxy groups -OCH3 is 1. The van der Waals surface area contributed by atoms with Crippen LogP contribution in [0.25, 0.3) is 5.69 Å². The van der Waals surface area contributed by atoms with Crippen LogP contribution in [-0.2, 0) is 14.6 Å². The molecule has 0 amide bonds. The smallest absolute Gasteiger partial charge is 0.272 e. The molecule has 0 saturated carbocycles. The third kappa shape index (κ3) is 6.21. The molecule has 1 aromatic carbocycles. The number of nitrogens with zero attached hydrogens (tertiary/aromatic N) is 4. The largest absolute Gasteiger partial charge is 0.377 e. The highest BCUT2D eigenvalue weighted by molar-refractivity contribution is 14.1. The quantitative estimate of drug-likeness (QED) is 0.353. The molecule has 2 atom stereocenters. The summed E-state index contributed by atoms with van der Waals surface area (Å²) in [5.74, 6) is 0.247. The first kappa shape index (κ1) is 22.7. The first-order valence-corrected chi connectivity index (χ1v) is 11.8. The van der Waals surface area contributed by atoms with Crippen LogP contribution in [0.3, 0.4) is 0 Å². The Bertz CT molecular complexity index is 910. The lowest BCUT2D eigenvalue weighted by atomic mass is 10.0. The molecule has 0 aliphatic rings. The normalized spacial score (nSPS) is 15.1. The van der Waals surface area contributed by atoms with Crippen LogP contribution >= 0.6 is 22.6 Å². The van der Waals surface area contributed by atoms with E-state index in [-0.39, 0.29) is 17.0 Å². The number of aromatic nitrogens is 4. The summed E-state index contributed by atoms with van der Waals surface area (Å²) in [5.41, 5.74) is 1.62. The molecule has 0 fully saturated rings. The zero-order chi connectivity index (χ0) is 20.6. The number of benzene rings is 1. The molecule has 0 N–H and O–H groups in total. The van der Waals surface area contributed by atoms with Crippen molar-refractivity contribution in [3.8, 4) is 5.69 Å². The number of tetrazole rings is 1. The van der Waals surface area contributed by atoms with Crippen LogP contribution in [-0.4, -0.2) is 47.6 Å². The van der Waals surface area contributed by atoms with Gasteiger partial charge >= 0.3 is 0 Å². The monoisotopic (exact) mass is 516 g/mol. The first-order chi connectivity index (χ1) is 13.4. The number of sulfone groups is 1. The zero-order valence-corrected chi connectivity index (χ0v) is 19.2. The lowest BCUT2D eigenvalue weighted by molar-refractivity contribution is 0.128. The van der Waals surface area contributed by atoms with Crippen LogP contribution in [0.4, 0.5) is 0 Å². The van der Waals surface area contributed by atoms with Gasteiger partial charge in [0.25, 0.3) is 5.16 Å². The summed E-state index contributed by atoms with van der Waals surface area (Å²) >= 11 is 2.20. The van der Waals surface area contributed by atoms with Gasteiger partial charge in [-0.15, -0.1) is 0 Å². The average Bonchev–Trinajstić information content (AvgIpc) is 3.18. The zero-order valence-electron chi connectivity index (χ0n) is 16.2. The van der Waals surface area contributed by atoms with Crippen molar-refractivity contribution < 1.29 is 13.2 Å². The molecule has 0 unspecified atom stereocenters. The second kappa shape index (κ2) is 10.8. The van der Waals surface area contributed by atoms with Crippen LogP contribution < -0.4 is 0 Å². The van der Waals surface area contributed by atoms with E-state index in [0.29, 0.717) is 18.0 Å². The third-order valence-corrected chi connectivity index (χ3v) is 6.40. The standard InChI is InChI=1S/C19H25IN4O3S/c1-15(8-7-12-20)14-16(2)18(27-3)11-13-28(25,26)19-21-22-23-24(19)17-9-5-4-6-10-17/h4-7,9-10,12,14-15,18H,8,11,13H2,1-3H3/b12-7+,16-14+/t15-,18-/m0/s1. The van der Waals surface area contributed by atoms with Crippen molar-refractivity contribution in [2.75, 3.05) is 12.9 Å². The Morgan fingerprint density at radius 2 is 2.04 bits per heavy atom. The molecule has 0 aliphatic heterocycles. The average molecular weight is 516 g/mol. The third-order valence-electron chi connectivity index (χ3n) is 4.31. The fourth-order valence-electron chi connectivity index (χ4n) is 2.88. The predicted molar refractivity (Wildman–Crippen MR) is 117 cm³/mol. The van der Waals surface area contributed by atoms with Gasteiger partial charge in [-0.3, -0.25) is 0 Å². The maximum absolute atomic E-state index is 12.8. The Labute approximate surface area is 179 Å². The topological polar surface area (TPSA) is 87.0 Å². The Morgan fingerprint density at radius 1 is 1.32 bits per heavy atom. The van der Waals surface area contributed by atoms with Crippen molar-refractivity contribution in [2.45, 2.75) is 37.9 Å². The molecule has 0 spiro atoms. The first-order valence-electron chi connectivity index (χ1n) is 8.92. The molecular weight excluding hydrogens is 491 g/mol. The second-order valence-corrected chi connectivity index (χ2v) is 9.25. The fraction of sp³-hybridized carbons (Fsp3) is 0.421. The van der Waals surface area contributed by atoms with Crippen LogP contribution in [0.5, 0.6) is 0 Å². The number of halogens is 1. The summed E-state index contributed by atoms with van der Waals surface area (Å²) in [5, 5.41) is 11.0. The van der Waals surface area contributed by atoms with Gasteiger partial charge in [-0.1, -0.05) is 65.0 Å². The summed E-state index contributed by atoms with van der Waals surface area (Å²) in [4.78, 5) is 0. The van der Waals surface area contributed by atoms with Gasteiger partial charge < -0.3 is 4.74 Å². The fourth-order valence-corrected chi connectivity index (χ4v) is 4.45. The summed E-state index contributed by atoms with van der Waals surface area (Å²) in [6, 6.07) is 8.96. The molecular formula is C19H25IN4O3S. The van der Waals surface area contributed by atoms with Gasteiger partial charge in [-0.2, -0.15) is 4.68 Å². The van der Waals surface area contributed by atoms with E-state index < -0.39 is 9.84 Å². The van der Waals surface area contributed by atoms with Gasteiger partial charge in [0.15, 0.2) is 0 Å². The maximum Gasteiger partial charge on any atom is 0.272 e. The number of allylic oxidation sites excluding steroid dienone is 2. The van der Waals surface area contributed by atoms with Gasteiger partial charge in [0.05, 0.1) is 17.5 Å². The molecule has 2 aromatic rings. The minimum atomic E-state index is -3.67. The van der Waals surface area contributed by atoms with E-state index in [1.54, 1.807) is 31.4 Å². The van der Waals surface area contributed by atoms with Crippen molar-refractivity contribution in [3.05, 3.63) is 52.1 Å². The van der Waals surface area contributed by atoms with Crippen LogP contribution in [0.1, 0.15) is 26.7 Å². The summed E-state index contributed by atoms with van der Waals surface area (Å²) in [7, 11) is -2.07. The minimum Gasteiger partial charge on any atom is -0.377 e. The highest BCUT2D eigenvalue weighted by Crippen LogP contribution is 2.19. The Morgan fingerprint density at radius 3 is 2.68 bits per heavy atom. The van der Waals surface area contributed by atoms with E-state index in [2.05, 4.69) is 57.2 Å². The van der Waals surface area contributed by atoms with E-state index in [0.717, 1.165) is 12.0 Å². The summed E-state index contributed by atoms with van der Waals surface area (Å²) in [6.45, 7) is 4.09. The van der Waals surface area contributed by atoms with Gasteiger partial charge in [-0.05, 0) is 57.9 Å². The molecule has 0 bridgehead atoms. The van der Waals surface area contributed by atoms with Crippen LogP contribution in [0, 0.1) is 5.92 Å². The van der Waals surface area contributed by atoms with Crippen molar-refractivity contribution in [1.82, 2.24) is 20.2 Å². The minimum absolute atomic E-state index is 0.105. The second-order valence-electron chi connectivity index (χ2n) is 6.53. The van der Waals surface area contributed by atoms with Gasteiger partial charge in [0, 0.05) is 7.11 Å². The molecule has 28 heavy (non-hydrogen) atoms. The summed E-state index contributed by atoms with van der Waals surface area (Å²) in [6.07, 6.45) is 5.22. The van der Waals surface area contributed by atoms with E-state index >= 15 is 0 Å². The van der Waals surface area contributed by atoms with E-state index in [4.69, 9.17) is 4.74 Å². The molecule has 0 radical (unpaired) electrons. The molecule has 0 aliphatic carbocycles. The highest BCUT2D eigenvalue weighted by Gasteiger charge is 2.25. The van der Waals surface area contributed by atoms with Crippen molar-refractivity contribution in [1.29, 1.82) is 0 Å². The number of hydrogen-bond donors (Lipinski definition) is 0. The van der Waals surface area contributed by atoms with Crippen LogP contribution in [0.15, 0.2) is 57.3 Å². The summed E-state index contributed by atoms with van der Waals surface area (Å²) < 4.78 is 34.5. The van der Waals surface area contributed by atoms with Gasteiger partial charge in [-0.25, -0.2) is 8.42 Å². The van der Waals surface area contributed by atoms with E-state index in [1.165, 1.54) is 4.68 Å². The Hall–Kier alpha value is -1.59. The van der Waals surface area contributed by atoms with E-state index in [9.17, 15) is 8.42 Å². The molecule has 1 heterocycles. The van der Waals surface area contributed by atoms with Crippen molar-refractivity contribution >= 4 is 32.4 Å². The van der Waals surface area contributed by atoms with Gasteiger partial charge in [0.2, 0.25) is 9.84 Å². The molecule has 2 rings (SSSR count). The number of hydrogen-bond acceptors (Lipinski definition) is 6. The maximum atomic E-state index is 12.8. The van der Waals surface area contributed by atoms with E-state index in [1.807, 2.05) is 17.1 Å². The SMILES string of the molecule is CO[C@@H](CCS(=O)(=O)c1nnnn1-c1ccccc1)/C(C)=C/[C@@H](C)C/C=C/I. The predicted octanol–water partition coefficient (Wildman–Crippen LogP) is 3.76. The lowest BCUT2D eigenvalue weighted by Gasteiger charge is -2.17. The van der Waals surface area contributed by atoms with Crippen molar-refractivity contribution in [3.63, 3.8) is 0 Å².